The molecule has 0 aliphatic heterocycles. The van der Waals surface area contributed by atoms with Gasteiger partial charge in [-0.15, -0.1) is 0 Å². The summed E-state index contributed by atoms with van der Waals surface area (Å²) in [6.07, 6.45) is 0. The van der Waals surface area contributed by atoms with Crippen LogP contribution in [0.5, 0.6) is 0 Å². The molecular weight excluding hydrogens is 216 g/mol. The van der Waals surface area contributed by atoms with Gasteiger partial charge in [0.1, 0.15) is 5.82 Å². The molecule has 0 fully saturated rings. The van der Waals surface area contributed by atoms with E-state index in [2.05, 4.69) is 10.4 Å². The summed E-state index contributed by atoms with van der Waals surface area (Å²) in [5.41, 5.74) is 6.99. The van der Waals surface area contributed by atoms with Crippen molar-refractivity contribution >= 4 is 11.7 Å². The molecule has 2 aromatic rings. The summed E-state index contributed by atoms with van der Waals surface area (Å²) < 4.78 is 1.55. The monoisotopic (exact) mass is 230 g/mol. The van der Waals surface area contributed by atoms with E-state index in [1.807, 2.05) is 37.3 Å². The molecule has 1 aromatic carbocycles. The lowest BCUT2D eigenvalue weighted by Gasteiger charge is -2.02. The Bertz CT molecular complexity index is 519. The normalized spacial score (nSPS) is 10.2. The number of amides is 1. The van der Waals surface area contributed by atoms with Crippen molar-refractivity contribution < 1.29 is 4.79 Å². The molecule has 5 heteroatoms. The van der Waals surface area contributed by atoms with Crippen molar-refractivity contribution in [2.24, 2.45) is 0 Å². The summed E-state index contributed by atoms with van der Waals surface area (Å²) in [6, 6.07) is 11.0. The third-order valence-corrected chi connectivity index (χ3v) is 2.31. The smallest absolute Gasteiger partial charge is 0.271 e. The molecule has 0 radical (unpaired) electrons. The lowest BCUT2D eigenvalue weighted by Crippen LogP contribution is -2.23. The molecule has 0 bridgehead atoms. The van der Waals surface area contributed by atoms with Gasteiger partial charge >= 0.3 is 0 Å². The second-order valence-corrected chi connectivity index (χ2v) is 3.56. The Balaban J connectivity index is 2.35. The van der Waals surface area contributed by atoms with Gasteiger partial charge < -0.3 is 11.1 Å². The van der Waals surface area contributed by atoms with Crippen LogP contribution >= 0.6 is 0 Å². The number of carbonyl (C=O) groups is 1. The van der Waals surface area contributed by atoms with Crippen molar-refractivity contribution in [1.29, 1.82) is 0 Å². The molecular formula is C12H14N4O. The number of benzene rings is 1. The molecule has 0 atom stereocenters. The predicted octanol–water partition coefficient (Wildman–Crippen LogP) is 1.20. The van der Waals surface area contributed by atoms with Crippen LogP contribution in [0.25, 0.3) is 5.69 Å². The van der Waals surface area contributed by atoms with E-state index < -0.39 is 0 Å². The van der Waals surface area contributed by atoms with E-state index in [1.54, 1.807) is 10.7 Å². The zero-order chi connectivity index (χ0) is 12.3. The van der Waals surface area contributed by atoms with Crippen molar-refractivity contribution in [3.63, 3.8) is 0 Å². The number of nitrogen functional groups attached to an aromatic ring is 1. The summed E-state index contributed by atoms with van der Waals surface area (Å²) in [7, 11) is 0. The average molecular weight is 230 g/mol. The maximum atomic E-state index is 11.6. The summed E-state index contributed by atoms with van der Waals surface area (Å²) in [5, 5.41) is 6.86. The first-order valence-corrected chi connectivity index (χ1v) is 5.41. The highest BCUT2D eigenvalue weighted by Gasteiger charge is 2.12. The second kappa shape index (κ2) is 4.69. The van der Waals surface area contributed by atoms with Crippen LogP contribution in [0.3, 0.4) is 0 Å². The highest BCUT2D eigenvalue weighted by molar-refractivity contribution is 5.93. The van der Waals surface area contributed by atoms with Gasteiger partial charge in [-0.05, 0) is 19.1 Å². The number of nitrogens with one attached hydrogen (secondary N) is 1. The number of nitrogens with two attached hydrogens (primary N) is 1. The zero-order valence-corrected chi connectivity index (χ0v) is 9.55. The predicted molar refractivity (Wildman–Crippen MR) is 66.0 cm³/mol. The Morgan fingerprint density at radius 3 is 2.76 bits per heavy atom. The van der Waals surface area contributed by atoms with Crippen molar-refractivity contribution in [3.05, 3.63) is 42.1 Å². The number of hydrogen-bond acceptors (Lipinski definition) is 3. The Hall–Kier alpha value is -2.30. The van der Waals surface area contributed by atoms with Gasteiger partial charge in [-0.1, -0.05) is 18.2 Å². The van der Waals surface area contributed by atoms with Gasteiger partial charge in [-0.25, -0.2) is 4.68 Å². The van der Waals surface area contributed by atoms with E-state index in [4.69, 9.17) is 5.73 Å². The average Bonchev–Trinajstić information content (AvgIpc) is 2.73. The van der Waals surface area contributed by atoms with Crippen molar-refractivity contribution in [3.8, 4) is 5.69 Å². The highest BCUT2D eigenvalue weighted by Crippen LogP contribution is 2.13. The zero-order valence-electron chi connectivity index (χ0n) is 9.55. The van der Waals surface area contributed by atoms with Gasteiger partial charge in [0.05, 0.1) is 5.69 Å². The van der Waals surface area contributed by atoms with Crippen LogP contribution in [0.1, 0.15) is 17.4 Å². The fraction of sp³-hybridized carbons (Fsp3) is 0.167. The minimum absolute atomic E-state index is 0.214. The van der Waals surface area contributed by atoms with E-state index in [-0.39, 0.29) is 5.91 Å². The van der Waals surface area contributed by atoms with Gasteiger partial charge in [0, 0.05) is 12.6 Å². The molecule has 88 valence electrons. The molecule has 0 aliphatic carbocycles. The summed E-state index contributed by atoms with van der Waals surface area (Å²) in [5.74, 6) is 0.228. The molecule has 5 nitrogen and oxygen atoms in total. The maximum absolute atomic E-state index is 11.6. The summed E-state index contributed by atoms with van der Waals surface area (Å²) in [6.45, 7) is 2.42. The van der Waals surface area contributed by atoms with Crippen LogP contribution in [-0.2, 0) is 0 Å². The summed E-state index contributed by atoms with van der Waals surface area (Å²) >= 11 is 0. The van der Waals surface area contributed by atoms with Crippen molar-refractivity contribution in [2.45, 2.75) is 6.92 Å². The molecule has 0 spiro atoms. The molecule has 1 heterocycles. The Morgan fingerprint density at radius 2 is 2.12 bits per heavy atom. The van der Waals surface area contributed by atoms with E-state index in [0.29, 0.717) is 18.1 Å². The molecule has 0 unspecified atom stereocenters. The van der Waals surface area contributed by atoms with Gasteiger partial charge in [-0.2, -0.15) is 5.10 Å². The first-order valence-electron chi connectivity index (χ1n) is 5.41. The highest BCUT2D eigenvalue weighted by atomic mass is 16.1. The number of para-hydroxylation sites is 1. The standard InChI is InChI=1S/C12H14N4O/c1-2-14-12(17)10-8-11(13)16(15-10)9-6-4-3-5-7-9/h3-8H,2,13H2,1H3,(H,14,17). The van der Waals surface area contributed by atoms with Gasteiger partial charge in [0.15, 0.2) is 5.69 Å². The first kappa shape index (κ1) is 11.2. The SMILES string of the molecule is CCNC(=O)c1cc(N)n(-c2ccccc2)n1. The number of nitrogens with zero attached hydrogens (tertiary/aromatic N) is 2. The van der Waals surface area contributed by atoms with E-state index in [9.17, 15) is 4.79 Å². The van der Waals surface area contributed by atoms with Crippen LogP contribution in [0.15, 0.2) is 36.4 Å². The van der Waals surface area contributed by atoms with Crippen molar-refractivity contribution in [2.75, 3.05) is 12.3 Å². The third-order valence-electron chi connectivity index (χ3n) is 2.31. The van der Waals surface area contributed by atoms with Crippen LogP contribution in [0, 0.1) is 0 Å². The number of rotatable bonds is 3. The number of carbonyl (C=O) groups excluding carboxylic acids is 1. The number of aromatic nitrogens is 2. The lowest BCUT2D eigenvalue weighted by atomic mass is 10.3. The fourth-order valence-corrected chi connectivity index (χ4v) is 1.53. The molecule has 0 saturated carbocycles. The van der Waals surface area contributed by atoms with Crippen LogP contribution in [0.4, 0.5) is 5.82 Å². The van der Waals surface area contributed by atoms with E-state index >= 15 is 0 Å². The fourth-order valence-electron chi connectivity index (χ4n) is 1.53. The van der Waals surface area contributed by atoms with E-state index in [0.717, 1.165) is 5.69 Å². The van der Waals surface area contributed by atoms with Crippen LogP contribution in [0.2, 0.25) is 0 Å². The van der Waals surface area contributed by atoms with Gasteiger partial charge in [0.2, 0.25) is 0 Å². The number of anilines is 1. The van der Waals surface area contributed by atoms with Gasteiger partial charge in [-0.3, -0.25) is 4.79 Å². The van der Waals surface area contributed by atoms with Crippen molar-refractivity contribution in [1.82, 2.24) is 15.1 Å². The minimum atomic E-state index is -0.214. The minimum Gasteiger partial charge on any atom is -0.384 e. The Morgan fingerprint density at radius 1 is 1.41 bits per heavy atom. The summed E-state index contributed by atoms with van der Waals surface area (Å²) in [4.78, 5) is 11.6. The molecule has 0 saturated heterocycles. The first-order chi connectivity index (χ1) is 8.22. The lowest BCUT2D eigenvalue weighted by molar-refractivity contribution is 0.0950. The molecule has 2 rings (SSSR count). The molecule has 3 N–H and O–H groups in total. The third kappa shape index (κ3) is 2.28. The Labute approximate surface area is 99.2 Å². The molecule has 0 aliphatic rings. The molecule has 1 aromatic heterocycles. The van der Waals surface area contributed by atoms with Crippen LogP contribution < -0.4 is 11.1 Å². The topological polar surface area (TPSA) is 72.9 Å². The van der Waals surface area contributed by atoms with E-state index in [1.165, 1.54) is 0 Å². The second-order valence-electron chi connectivity index (χ2n) is 3.56. The van der Waals surface area contributed by atoms with Gasteiger partial charge in [0.25, 0.3) is 5.91 Å². The molecule has 1 amide bonds. The maximum Gasteiger partial charge on any atom is 0.271 e. The quantitative estimate of drug-likeness (QED) is 0.832. The largest absolute Gasteiger partial charge is 0.384 e. The number of hydrogen-bond donors (Lipinski definition) is 2. The van der Waals surface area contributed by atoms with Crippen LogP contribution in [-0.4, -0.2) is 22.2 Å². The molecule has 17 heavy (non-hydrogen) atoms. The Kier molecular flexibility index (Phi) is 3.09.